The van der Waals surface area contributed by atoms with Crippen LogP contribution in [0.1, 0.15) is 29.2 Å². The van der Waals surface area contributed by atoms with Crippen molar-refractivity contribution in [3.05, 3.63) is 40.0 Å². The van der Waals surface area contributed by atoms with Crippen molar-refractivity contribution in [2.24, 2.45) is 0 Å². The van der Waals surface area contributed by atoms with Crippen LogP contribution in [-0.4, -0.2) is 22.1 Å². The van der Waals surface area contributed by atoms with Gasteiger partial charge in [-0.15, -0.1) is 11.3 Å². The zero-order valence-corrected chi connectivity index (χ0v) is 11.6. The Morgan fingerprint density at radius 1 is 1.39 bits per heavy atom. The molecule has 0 saturated heterocycles. The highest BCUT2D eigenvalue weighted by molar-refractivity contribution is 7.09. The van der Waals surface area contributed by atoms with Crippen LogP contribution >= 0.6 is 11.3 Å². The minimum atomic E-state index is -0.472. The van der Waals surface area contributed by atoms with Crippen LogP contribution in [-0.2, 0) is 6.54 Å². The number of pyridine rings is 1. The molecule has 2 aromatic rings. The van der Waals surface area contributed by atoms with E-state index in [4.69, 9.17) is 0 Å². The van der Waals surface area contributed by atoms with Crippen molar-refractivity contribution in [2.75, 3.05) is 11.9 Å². The second-order valence-electron chi connectivity index (χ2n) is 4.34. The van der Waals surface area contributed by atoms with Crippen LogP contribution in [0.15, 0.2) is 23.8 Å². The van der Waals surface area contributed by atoms with Crippen molar-refractivity contribution in [3.8, 4) is 0 Å². The largest absolute Gasteiger partial charge is 0.389 e. The van der Waals surface area contributed by atoms with Crippen LogP contribution in [0.4, 0.5) is 5.82 Å². The fraction of sp³-hybridized carbons (Fsp3) is 0.385. The molecule has 1 atom stereocenters. The predicted octanol–water partition coefficient (Wildman–Crippen LogP) is 2.54. The van der Waals surface area contributed by atoms with Gasteiger partial charge in [0, 0.05) is 18.1 Å². The molecule has 0 saturated carbocycles. The minimum absolute atomic E-state index is 0.472. The smallest absolute Gasteiger partial charge is 0.128 e. The van der Waals surface area contributed by atoms with Gasteiger partial charge in [0.15, 0.2) is 0 Å². The fourth-order valence-electron chi connectivity index (χ4n) is 1.64. The molecule has 2 aromatic heterocycles. The molecule has 0 aliphatic carbocycles. The normalized spacial score (nSPS) is 12.4. The summed E-state index contributed by atoms with van der Waals surface area (Å²) in [4.78, 5) is 11.9. The first-order valence-corrected chi connectivity index (χ1v) is 6.70. The zero-order chi connectivity index (χ0) is 13.1. The maximum absolute atomic E-state index is 9.44. The molecule has 1 N–H and O–H groups in total. The molecule has 2 heterocycles. The first-order valence-electron chi connectivity index (χ1n) is 5.82. The number of thiazole rings is 1. The lowest BCUT2D eigenvalue weighted by Gasteiger charge is -2.18. The highest BCUT2D eigenvalue weighted by atomic mass is 32.1. The summed E-state index contributed by atoms with van der Waals surface area (Å²) in [5.41, 5.74) is 3.77. The van der Waals surface area contributed by atoms with E-state index >= 15 is 0 Å². The quantitative estimate of drug-likeness (QED) is 0.921. The summed E-state index contributed by atoms with van der Waals surface area (Å²) >= 11 is 1.66. The number of aromatic nitrogens is 2. The van der Waals surface area contributed by atoms with Crippen molar-refractivity contribution in [1.82, 2.24) is 9.97 Å². The summed E-state index contributed by atoms with van der Waals surface area (Å²) < 4.78 is 0. The first-order chi connectivity index (χ1) is 8.58. The number of aryl methyl sites for hydroxylation is 1. The lowest BCUT2D eigenvalue weighted by atomic mass is 10.2. The Labute approximate surface area is 111 Å². The number of nitrogens with zero attached hydrogens (tertiary/aromatic N) is 3. The molecular formula is C13H17N3OS. The van der Waals surface area contributed by atoms with E-state index in [-0.39, 0.29) is 0 Å². The zero-order valence-electron chi connectivity index (χ0n) is 10.8. The van der Waals surface area contributed by atoms with Gasteiger partial charge in [0.25, 0.3) is 0 Å². The summed E-state index contributed by atoms with van der Waals surface area (Å²) in [7, 11) is 2.00. The Bertz CT molecular complexity index is 507. The van der Waals surface area contributed by atoms with E-state index in [1.165, 1.54) is 4.88 Å². The average Bonchev–Trinajstić information content (AvgIpc) is 2.75. The van der Waals surface area contributed by atoms with E-state index in [0.29, 0.717) is 0 Å². The molecule has 0 aliphatic rings. The second kappa shape index (κ2) is 5.46. The second-order valence-corrected chi connectivity index (χ2v) is 5.28. The van der Waals surface area contributed by atoms with E-state index in [9.17, 15) is 5.11 Å². The summed E-state index contributed by atoms with van der Waals surface area (Å²) in [6, 6.07) is 3.83. The predicted molar refractivity (Wildman–Crippen MR) is 73.8 cm³/mol. The van der Waals surface area contributed by atoms with Crippen molar-refractivity contribution in [2.45, 2.75) is 26.5 Å². The Morgan fingerprint density at radius 2 is 2.17 bits per heavy atom. The number of aliphatic hydroxyl groups is 1. The number of aliphatic hydroxyl groups excluding tert-OH is 1. The Kier molecular flexibility index (Phi) is 3.93. The minimum Gasteiger partial charge on any atom is -0.389 e. The maximum Gasteiger partial charge on any atom is 0.128 e. The van der Waals surface area contributed by atoms with Crippen LogP contribution in [0.5, 0.6) is 0 Å². The maximum atomic E-state index is 9.44. The van der Waals surface area contributed by atoms with Crippen LogP contribution < -0.4 is 4.90 Å². The molecule has 0 aromatic carbocycles. The molecule has 0 unspecified atom stereocenters. The standard InChI is InChI=1S/C13H17N3OS/c1-9-12(18-8-15-9)7-16(3)13-5-4-11(6-14-13)10(2)17/h4-6,8,10,17H,7H2,1-3H3/t10-/m0/s1. The van der Waals surface area contributed by atoms with E-state index in [1.807, 2.05) is 31.6 Å². The summed E-state index contributed by atoms with van der Waals surface area (Å²) in [6.07, 6.45) is 1.25. The van der Waals surface area contributed by atoms with Crippen molar-refractivity contribution in [1.29, 1.82) is 0 Å². The molecule has 5 heteroatoms. The van der Waals surface area contributed by atoms with Gasteiger partial charge in [0.1, 0.15) is 5.82 Å². The van der Waals surface area contributed by atoms with E-state index < -0.39 is 6.10 Å². The third-order valence-electron chi connectivity index (χ3n) is 2.87. The monoisotopic (exact) mass is 263 g/mol. The van der Waals surface area contributed by atoms with Gasteiger partial charge in [-0.05, 0) is 25.5 Å². The van der Waals surface area contributed by atoms with Crippen molar-refractivity contribution < 1.29 is 5.11 Å². The Morgan fingerprint density at radius 3 is 2.67 bits per heavy atom. The van der Waals surface area contributed by atoms with Gasteiger partial charge < -0.3 is 10.0 Å². The van der Waals surface area contributed by atoms with E-state index in [1.54, 1.807) is 24.5 Å². The Hall–Kier alpha value is -1.46. The highest BCUT2D eigenvalue weighted by Gasteiger charge is 2.08. The number of rotatable bonds is 4. The fourth-order valence-corrected chi connectivity index (χ4v) is 2.47. The molecule has 2 rings (SSSR count). The lowest BCUT2D eigenvalue weighted by Crippen LogP contribution is -2.17. The molecule has 4 nitrogen and oxygen atoms in total. The molecule has 0 aliphatic heterocycles. The molecule has 0 amide bonds. The number of anilines is 1. The van der Waals surface area contributed by atoms with E-state index in [0.717, 1.165) is 23.6 Å². The van der Waals surface area contributed by atoms with E-state index in [2.05, 4.69) is 14.9 Å². The summed E-state index contributed by atoms with van der Waals surface area (Å²) in [6.45, 7) is 4.56. The number of hydrogen-bond acceptors (Lipinski definition) is 5. The van der Waals surface area contributed by atoms with Gasteiger partial charge in [0.2, 0.25) is 0 Å². The third-order valence-corrected chi connectivity index (χ3v) is 3.79. The SMILES string of the molecule is Cc1ncsc1CN(C)c1ccc([C@H](C)O)cn1. The van der Waals surface area contributed by atoms with Gasteiger partial charge >= 0.3 is 0 Å². The van der Waals surface area contributed by atoms with Gasteiger partial charge in [-0.3, -0.25) is 0 Å². The highest BCUT2D eigenvalue weighted by Crippen LogP contribution is 2.19. The van der Waals surface area contributed by atoms with Crippen molar-refractivity contribution >= 4 is 17.2 Å². The van der Waals surface area contributed by atoms with Gasteiger partial charge in [-0.25, -0.2) is 9.97 Å². The average molecular weight is 263 g/mol. The first kappa shape index (κ1) is 13.0. The molecule has 96 valence electrons. The topological polar surface area (TPSA) is 49.2 Å². The number of hydrogen-bond donors (Lipinski definition) is 1. The third kappa shape index (κ3) is 2.86. The summed E-state index contributed by atoms with van der Waals surface area (Å²) in [5, 5.41) is 9.44. The summed E-state index contributed by atoms with van der Waals surface area (Å²) in [5.74, 6) is 0.896. The molecule has 18 heavy (non-hydrogen) atoms. The van der Waals surface area contributed by atoms with Gasteiger partial charge in [0.05, 0.1) is 23.9 Å². The van der Waals surface area contributed by atoms with Crippen LogP contribution in [0.3, 0.4) is 0 Å². The van der Waals surface area contributed by atoms with Gasteiger partial charge in [-0.1, -0.05) is 6.07 Å². The lowest BCUT2D eigenvalue weighted by molar-refractivity contribution is 0.199. The van der Waals surface area contributed by atoms with Crippen LogP contribution in [0, 0.1) is 6.92 Å². The van der Waals surface area contributed by atoms with Crippen LogP contribution in [0.25, 0.3) is 0 Å². The van der Waals surface area contributed by atoms with Crippen LogP contribution in [0.2, 0.25) is 0 Å². The Balaban J connectivity index is 2.09. The van der Waals surface area contributed by atoms with Gasteiger partial charge in [-0.2, -0.15) is 0 Å². The molecule has 0 bridgehead atoms. The molecular weight excluding hydrogens is 246 g/mol. The molecule has 0 radical (unpaired) electrons. The van der Waals surface area contributed by atoms with Crippen molar-refractivity contribution in [3.63, 3.8) is 0 Å². The molecule has 0 fully saturated rings. The molecule has 0 spiro atoms.